The second-order valence-electron chi connectivity index (χ2n) is 6.58. The minimum absolute atomic E-state index is 0.217. The SMILES string of the molecule is Cc1ccc(NCc2nc(-c3ccc(C(F)(F)F)cc3)no2)cc1-n1nnnc1C. The highest BCUT2D eigenvalue weighted by Crippen LogP contribution is 2.30. The lowest BCUT2D eigenvalue weighted by Gasteiger charge is -2.10. The summed E-state index contributed by atoms with van der Waals surface area (Å²) in [5.41, 5.74) is 2.32. The van der Waals surface area contributed by atoms with Gasteiger partial charge in [0.25, 0.3) is 0 Å². The number of anilines is 1. The number of benzene rings is 2. The maximum Gasteiger partial charge on any atom is 0.416 e. The van der Waals surface area contributed by atoms with Crippen LogP contribution in [0.5, 0.6) is 0 Å². The lowest BCUT2D eigenvalue weighted by atomic mass is 10.1. The topological polar surface area (TPSA) is 94.6 Å². The number of nitrogens with one attached hydrogen (secondary N) is 1. The maximum absolute atomic E-state index is 12.7. The molecule has 2 aromatic heterocycles. The summed E-state index contributed by atoms with van der Waals surface area (Å²) in [6.07, 6.45) is -4.39. The normalized spacial score (nSPS) is 11.6. The number of rotatable bonds is 5. The first kappa shape index (κ1) is 19.6. The van der Waals surface area contributed by atoms with E-state index in [2.05, 4.69) is 31.0 Å². The van der Waals surface area contributed by atoms with Crippen LogP contribution in [0, 0.1) is 13.8 Å². The molecule has 0 aliphatic carbocycles. The summed E-state index contributed by atoms with van der Waals surface area (Å²) in [5, 5.41) is 18.5. The van der Waals surface area contributed by atoms with E-state index in [1.807, 2.05) is 25.1 Å². The number of tetrazole rings is 1. The summed E-state index contributed by atoms with van der Waals surface area (Å²) in [5.74, 6) is 1.17. The molecule has 0 aliphatic heterocycles. The maximum atomic E-state index is 12.7. The van der Waals surface area contributed by atoms with Crippen molar-refractivity contribution in [2.24, 2.45) is 0 Å². The van der Waals surface area contributed by atoms with Gasteiger partial charge in [-0.15, -0.1) is 5.10 Å². The Labute approximate surface area is 168 Å². The molecular weight excluding hydrogens is 399 g/mol. The highest BCUT2D eigenvalue weighted by molar-refractivity contribution is 5.56. The molecule has 0 radical (unpaired) electrons. The van der Waals surface area contributed by atoms with Crippen LogP contribution in [0.4, 0.5) is 18.9 Å². The van der Waals surface area contributed by atoms with Crippen molar-refractivity contribution in [1.82, 2.24) is 30.3 Å². The minimum atomic E-state index is -4.39. The van der Waals surface area contributed by atoms with Crippen molar-refractivity contribution in [3.63, 3.8) is 0 Å². The predicted octanol–water partition coefficient (Wildman–Crippen LogP) is 3.96. The molecule has 4 aromatic rings. The molecule has 8 nitrogen and oxygen atoms in total. The molecule has 0 aliphatic rings. The van der Waals surface area contributed by atoms with Crippen LogP contribution in [0.1, 0.15) is 22.8 Å². The molecule has 4 rings (SSSR count). The molecule has 2 heterocycles. The first-order valence-corrected chi connectivity index (χ1v) is 8.91. The monoisotopic (exact) mass is 415 g/mol. The smallest absolute Gasteiger partial charge is 0.376 e. The van der Waals surface area contributed by atoms with E-state index in [4.69, 9.17) is 4.52 Å². The van der Waals surface area contributed by atoms with Crippen molar-refractivity contribution in [2.45, 2.75) is 26.6 Å². The average Bonchev–Trinajstić information content (AvgIpc) is 3.36. The number of hydrogen-bond donors (Lipinski definition) is 1. The number of alkyl halides is 3. The Hall–Kier alpha value is -3.76. The molecule has 0 bridgehead atoms. The van der Waals surface area contributed by atoms with E-state index in [1.54, 1.807) is 11.6 Å². The molecule has 154 valence electrons. The van der Waals surface area contributed by atoms with Crippen molar-refractivity contribution in [3.8, 4) is 17.1 Å². The van der Waals surface area contributed by atoms with E-state index in [-0.39, 0.29) is 12.4 Å². The van der Waals surface area contributed by atoms with Crippen LogP contribution >= 0.6 is 0 Å². The molecule has 0 saturated carbocycles. The molecule has 0 amide bonds. The van der Waals surface area contributed by atoms with Crippen LogP contribution in [0.15, 0.2) is 47.0 Å². The van der Waals surface area contributed by atoms with Gasteiger partial charge < -0.3 is 9.84 Å². The zero-order valence-corrected chi connectivity index (χ0v) is 16.0. The zero-order valence-electron chi connectivity index (χ0n) is 16.0. The van der Waals surface area contributed by atoms with Gasteiger partial charge in [-0.05, 0) is 54.1 Å². The summed E-state index contributed by atoms with van der Waals surface area (Å²) in [7, 11) is 0. The second-order valence-corrected chi connectivity index (χ2v) is 6.58. The fraction of sp³-hybridized carbons (Fsp3) is 0.211. The van der Waals surface area contributed by atoms with Gasteiger partial charge in [0.2, 0.25) is 11.7 Å². The number of aryl methyl sites for hydroxylation is 2. The molecule has 0 spiro atoms. The van der Waals surface area contributed by atoms with Gasteiger partial charge >= 0.3 is 6.18 Å². The van der Waals surface area contributed by atoms with Crippen LogP contribution < -0.4 is 5.32 Å². The Kier molecular flexibility index (Phi) is 4.94. The molecule has 30 heavy (non-hydrogen) atoms. The van der Waals surface area contributed by atoms with Gasteiger partial charge in [0.05, 0.1) is 17.8 Å². The van der Waals surface area contributed by atoms with E-state index in [0.29, 0.717) is 17.3 Å². The standard InChI is InChI=1S/C19H16F3N7O/c1-11-3-8-15(9-16(11)29-12(2)25-27-28-29)23-10-17-24-18(26-30-17)13-4-6-14(7-5-13)19(20,21)22/h3-9,23H,10H2,1-2H3. The van der Waals surface area contributed by atoms with Crippen LogP contribution in [-0.2, 0) is 12.7 Å². The lowest BCUT2D eigenvalue weighted by Crippen LogP contribution is -2.05. The summed E-state index contributed by atoms with van der Waals surface area (Å²) in [6, 6.07) is 10.3. The molecule has 0 saturated heterocycles. The molecule has 2 aromatic carbocycles. The Bertz CT molecular complexity index is 1170. The molecule has 0 fully saturated rings. The number of halogens is 3. The van der Waals surface area contributed by atoms with Gasteiger partial charge in [0, 0.05) is 11.3 Å². The van der Waals surface area contributed by atoms with E-state index >= 15 is 0 Å². The van der Waals surface area contributed by atoms with Crippen LogP contribution in [-0.4, -0.2) is 30.3 Å². The highest BCUT2D eigenvalue weighted by Gasteiger charge is 2.30. The lowest BCUT2D eigenvalue weighted by molar-refractivity contribution is -0.137. The molecule has 0 atom stereocenters. The largest absolute Gasteiger partial charge is 0.416 e. The Balaban J connectivity index is 1.47. The van der Waals surface area contributed by atoms with Gasteiger partial charge in [-0.3, -0.25) is 0 Å². The first-order chi connectivity index (χ1) is 14.3. The Morgan fingerprint density at radius 3 is 2.50 bits per heavy atom. The van der Waals surface area contributed by atoms with Gasteiger partial charge in [-0.1, -0.05) is 23.4 Å². The van der Waals surface area contributed by atoms with E-state index in [0.717, 1.165) is 29.1 Å². The second kappa shape index (κ2) is 7.58. The van der Waals surface area contributed by atoms with Crippen molar-refractivity contribution >= 4 is 5.69 Å². The molecule has 11 heteroatoms. The average molecular weight is 415 g/mol. The third kappa shape index (κ3) is 4.00. The third-order valence-corrected chi connectivity index (χ3v) is 4.44. The van der Waals surface area contributed by atoms with Crippen molar-refractivity contribution in [1.29, 1.82) is 0 Å². The van der Waals surface area contributed by atoms with Crippen LogP contribution in [0.3, 0.4) is 0 Å². The van der Waals surface area contributed by atoms with Gasteiger partial charge in [0.15, 0.2) is 5.82 Å². The van der Waals surface area contributed by atoms with Gasteiger partial charge in [-0.2, -0.15) is 22.8 Å². The quantitative estimate of drug-likeness (QED) is 0.527. The molecular formula is C19H16F3N7O. The van der Waals surface area contributed by atoms with Crippen LogP contribution in [0.2, 0.25) is 0 Å². The first-order valence-electron chi connectivity index (χ1n) is 8.91. The molecule has 0 unspecified atom stereocenters. The fourth-order valence-electron chi connectivity index (χ4n) is 2.83. The minimum Gasteiger partial charge on any atom is -0.376 e. The van der Waals surface area contributed by atoms with E-state index < -0.39 is 11.7 Å². The fourth-order valence-corrected chi connectivity index (χ4v) is 2.83. The summed E-state index contributed by atoms with van der Waals surface area (Å²) in [6.45, 7) is 4.00. The summed E-state index contributed by atoms with van der Waals surface area (Å²) < 4.78 is 44.9. The number of aromatic nitrogens is 6. The third-order valence-electron chi connectivity index (χ3n) is 4.44. The van der Waals surface area contributed by atoms with Gasteiger partial charge in [-0.25, -0.2) is 0 Å². The Morgan fingerprint density at radius 2 is 1.83 bits per heavy atom. The predicted molar refractivity (Wildman–Crippen MR) is 101 cm³/mol. The summed E-state index contributed by atoms with van der Waals surface area (Å²) >= 11 is 0. The van der Waals surface area contributed by atoms with E-state index in [9.17, 15) is 13.2 Å². The van der Waals surface area contributed by atoms with Gasteiger partial charge in [0.1, 0.15) is 0 Å². The molecule has 1 N–H and O–H groups in total. The zero-order chi connectivity index (χ0) is 21.3. The highest BCUT2D eigenvalue weighted by atomic mass is 19.4. The summed E-state index contributed by atoms with van der Waals surface area (Å²) in [4.78, 5) is 4.23. The Morgan fingerprint density at radius 1 is 1.07 bits per heavy atom. The van der Waals surface area contributed by atoms with E-state index in [1.165, 1.54) is 12.1 Å². The van der Waals surface area contributed by atoms with Crippen molar-refractivity contribution < 1.29 is 17.7 Å². The van der Waals surface area contributed by atoms with Crippen molar-refractivity contribution in [3.05, 3.63) is 65.3 Å². The number of nitrogens with zero attached hydrogens (tertiary/aromatic N) is 6. The van der Waals surface area contributed by atoms with Crippen molar-refractivity contribution in [2.75, 3.05) is 5.32 Å². The van der Waals surface area contributed by atoms with Crippen LogP contribution in [0.25, 0.3) is 17.1 Å². The number of hydrogen-bond acceptors (Lipinski definition) is 7.